The SMILES string of the molecule is O=C1COc2cc(Cl)ccc2C(=O)C1. The predicted octanol–water partition coefficient (Wildman–Crippen LogP) is 1.87. The number of hydrogen-bond donors (Lipinski definition) is 0. The molecule has 0 atom stereocenters. The fraction of sp³-hybridized carbons (Fsp3) is 0.200. The lowest BCUT2D eigenvalue weighted by Gasteiger charge is -2.04. The average molecular weight is 211 g/mol. The van der Waals surface area contributed by atoms with Crippen LogP contribution in [0.2, 0.25) is 5.02 Å². The topological polar surface area (TPSA) is 43.4 Å². The smallest absolute Gasteiger partial charge is 0.177 e. The molecule has 1 heterocycles. The summed E-state index contributed by atoms with van der Waals surface area (Å²) in [7, 11) is 0. The maximum absolute atomic E-state index is 11.5. The highest BCUT2D eigenvalue weighted by molar-refractivity contribution is 6.31. The van der Waals surface area contributed by atoms with Crippen molar-refractivity contribution in [3.05, 3.63) is 28.8 Å². The molecular weight excluding hydrogens is 204 g/mol. The number of halogens is 1. The highest BCUT2D eigenvalue weighted by Crippen LogP contribution is 2.26. The quantitative estimate of drug-likeness (QED) is 0.614. The number of carbonyl (C=O) groups excluding carboxylic acids is 2. The standard InChI is InChI=1S/C10H7ClO3/c11-6-1-2-8-9(13)4-7(12)5-14-10(8)3-6/h1-3H,4-5H2. The van der Waals surface area contributed by atoms with Gasteiger partial charge in [-0.1, -0.05) is 11.6 Å². The van der Waals surface area contributed by atoms with Gasteiger partial charge in [0, 0.05) is 5.02 Å². The Morgan fingerprint density at radius 3 is 2.86 bits per heavy atom. The fourth-order valence-corrected chi connectivity index (χ4v) is 1.49. The van der Waals surface area contributed by atoms with Crippen molar-refractivity contribution in [3.8, 4) is 5.75 Å². The monoisotopic (exact) mass is 210 g/mol. The molecule has 1 aromatic rings. The molecule has 0 bridgehead atoms. The minimum atomic E-state index is -0.209. The zero-order chi connectivity index (χ0) is 10.1. The van der Waals surface area contributed by atoms with Gasteiger partial charge < -0.3 is 4.74 Å². The summed E-state index contributed by atoms with van der Waals surface area (Å²) in [5.41, 5.74) is 0.431. The van der Waals surface area contributed by atoms with Crippen molar-refractivity contribution in [2.75, 3.05) is 6.61 Å². The lowest BCUT2D eigenvalue weighted by molar-refractivity contribution is -0.119. The Labute approximate surface area is 85.6 Å². The summed E-state index contributed by atoms with van der Waals surface area (Å²) >= 11 is 5.74. The molecule has 1 aliphatic heterocycles. The van der Waals surface area contributed by atoms with Gasteiger partial charge in [-0.15, -0.1) is 0 Å². The molecule has 0 amide bonds. The maximum atomic E-state index is 11.5. The molecule has 72 valence electrons. The van der Waals surface area contributed by atoms with Gasteiger partial charge in [-0.2, -0.15) is 0 Å². The van der Waals surface area contributed by atoms with Gasteiger partial charge in [0.15, 0.2) is 11.6 Å². The molecule has 2 rings (SSSR count). The van der Waals surface area contributed by atoms with E-state index in [1.165, 1.54) is 0 Å². The average Bonchev–Trinajstić information content (AvgIpc) is 2.26. The third-order valence-corrected chi connectivity index (χ3v) is 2.23. The van der Waals surface area contributed by atoms with E-state index >= 15 is 0 Å². The summed E-state index contributed by atoms with van der Waals surface area (Å²) in [6.07, 6.45) is -0.0887. The summed E-state index contributed by atoms with van der Waals surface area (Å²) in [4.78, 5) is 22.6. The van der Waals surface area contributed by atoms with Crippen LogP contribution >= 0.6 is 11.6 Å². The number of hydrogen-bond acceptors (Lipinski definition) is 3. The van der Waals surface area contributed by atoms with Crippen LogP contribution in [0.5, 0.6) is 5.75 Å². The number of Topliss-reactive ketones (excluding diaryl/α,β-unsaturated/α-hetero) is 2. The molecule has 0 saturated carbocycles. The summed E-state index contributed by atoms with van der Waals surface area (Å²) in [6, 6.07) is 4.74. The maximum Gasteiger partial charge on any atom is 0.177 e. The van der Waals surface area contributed by atoms with E-state index in [9.17, 15) is 9.59 Å². The molecule has 0 spiro atoms. The Hall–Kier alpha value is -1.35. The Kier molecular flexibility index (Phi) is 2.25. The van der Waals surface area contributed by atoms with Crippen molar-refractivity contribution in [1.29, 1.82) is 0 Å². The van der Waals surface area contributed by atoms with E-state index in [0.29, 0.717) is 16.3 Å². The first kappa shape index (κ1) is 9.21. The van der Waals surface area contributed by atoms with Crippen molar-refractivity contribution in [2.24, 2.45) is 0 Å². The molecule has 0 radical (unpaired) electrons. The number of rotatable bonds is 0. The first-order valence-electron chi connectivity index (χ1n) is 4.14. The van der Waals surface area contributed by atoms with Crippen molar-refractivity contribution >= 4 is 23.2 Å². The summed E-state index contributed by atoms with van der Waals surface area (Å²) in [5.74, 6) is -0.0187. The molecule has 3 nitrogen and oxygen atoms in total. The van der Waals surface area contributed by atoms with E-state index in [-0.39, 0.29) is 24.6 Å². The molecule has 0 aromatic heterocycles. The van der Waals surface area contributed by atoms with Gasteiger partial charge in [0.2, 0.25) is 0 Å². The van der Waals surface area contributed by atoms with Crippen LogP contribution in [0.1, 0.15) is 16.8 Å². The zero-order valence-corrected chi connectivity index (χ0v) is 8.00. The van der Waals surface area contributed by atoms with Gasteiger partial charge in [0.25, 0.3) is 0 Å². The predicted molar refractivity (Wildman–Crippen MR) is 50.9 cm³/mol. The van der Waals surface area contributed by atoms with Crippen molar-refractivity contribution < 1.29 is 14.3 Å². The van der Waals surface area contributed by atoms with Crippen LogP contribution in [0.3, 0.4) is 0 Å². The van der Waals surface area contributed by atoms with Crippen LogP contribution in [0.15, 0.2) is 18.2 Å². The highest BCUT2D eigenvalue weighted by Gasteiger charge is 2.21. The molecule has 0 N–H and O–H groups in total. The van der Waals surface area contributed by atoms with E-state index in [0.717, 1.165) is 0 Å². The normalized spacial score (nSPS) is 15.8. The van der Waals surface area contributed by atoms with Crippen LogP contribution in [0, 0.1) is 0 Å². The second kappa shape index (κ2) is 3.42. The van der Waals surface area contributed by atoms with Gasteiger partial charge in [0.1, 0.15) is 12.4 Å². The van der Waals surface area contributed by atoms with E-state index in [2.05, 4.69) is 0 Å². The summed E-state index contributed by atoms with van der Waals surface area (Å²) in [5, 5.41) is 0.492. The second-order valence-electron chi connectivity index (χ2n) is 3.07. The molecule has 0 saturated heterocycles. The van der Waals surface area contributed by atoms with Crippen LogP contribution < -0.4 is 4.74 Å². The first-order valence-corrected chi connectivity index (χ1v) is 4.52. The number of benzene rings is 1. The van der Waals surface area contributed by atoms with Crippen molar-refractivity contribution in [3.63, 3.8) is 0 Å². The summed E-state index contributed by atoms with van der Waals surface area (Å²) < 4.78 is 5.16. The minimum Gasteiger partial charge on any atom is -0.485 e. The third-order valence-electron chi connectivity index (χ3n) is 1.99. The van der Waals surface area contributed by atoms with E-state index in [4.69, 9.17) is 16.3 Å². The number of fused-ring (bicyclic) bond motifs is 1. The molecule has 0 aliphatic carbocycles. The van der Waals surface area contributed by atoms with Gasteiger partial charge in [0.05, 0.1) is 12.0 Å². The van der Waals surface area contributed by atoms with Crippen LogP contribution in [0.4, 0.5) is 0 Å². The first-order chi connectivity index (χ1) is 6.66. The molecule has 4 heteroatoms. The molecule has 0 unspecified atom stereocenters. The largest absolute Gasteiger partial charge is 0.485 e. The zero-order valence-electron chi connectivity index (χ0n) is 7.25. The van der Waals surface area contributed by atoms with Crippen LogP contribution in [0.25, 0.3) is 0 Å². The van der Waals surface area contributed by atoms with E-state index in [1.54, 1.807) is 18.2 Å². The van der Waals surface area contributed by atoms with Crippen molar-refractivity contribution in [2.45, 2.75) is 6.42 Å². The Bertz CT molecular complexity index is 412. The Morgan fingerprint density at radius 1 is 1.29 bits per heavy atom. The molecule has 1 aliphatic rings. The van der Waals surface area contributed by atoms with Gasteiger partial charge in [-0.25, -0.2) is 0 Å². The molecule has 1 aromatic carbocycles. The Morgan fingerprint density at radius 2 is 2.07 bits per heavy atom. The number of ether oxygens (including phenoxy) is 1. The molecule has 0 fully saturated rings. The van der Waals surface area contributed by atoms with Gasteiger partial charge in [-0.05, 0) is 18.2 Å². The van der Waals surface area contributed by atoms with Gasteiger partial charge in [-0.3, -0.25) is 9.59 Å². The fourth-order valence-electron chi connectivity index (χ4n) is 1.33. The molecule has 14 heavy (non-hydrogen) atoms. The number of ketones is 2. The van der Waals surface area contributed by atoms with E-state index < -0.39 is 0 Å². The van der Waals surface area contributed by atoms with E-state index in [1.807, 2.05) is 0 Å². The lowest BCUT2D eigenvalue weighted by Crippen LogP contribution is -2.10. The number of carbonyl (C=O) groups is 2. The van der Waals surface area contributed by atoms with Crippen LogP contribution in [-0.4, -0.2) is 18.2 Å². The second-order valence-corrected chi connectivity index (χ2v) is 3.50. The third kappa shape index (κ3) is 1.63. The van der Waals surface area contributed by atoms with Crippen molar-refractivity contribution in [1.82, 2.24) is 0 Å². The lowest BCUT2D eigenvalue weighted by atomic mass is 10.1. The summed E-state index contributed by atoms with van der Waals surface area (Å²) in [6.45, 7) is -0.0565. The van der Waals surface area contributed by atoms with Gasteiger partial charge >= 0.3 is 0 Å². The highest BCUT2D eigenvalue weighted by atomic mass is 35.5. The minimum absolute atomic E-state index is 0.0565. The Balaban J connectivity index is 2.48. The molecular formula is C10H7ClO3. The van der Waals surface area contributed by atoms with Crippen LogP contribution in [-0.2, 0) is 4.79 Å².